The van der Waals surface area contributed by atoms with E-state index >= 15 is 0 Å². The maximum atomic E-state index is 14.4. The molecule has 174 valence electrons. The van der Waals surface area contributed by atoms with Gasteiger partial charge in [0.25, 0.3) is 0 Å². The summed E-state index contributed by atoms with van der Waals surface area (Å²) in [7, 11) is 1.54. The Bertz CT molecular complexity index is 1170. The van der Waals surface area contributed by atoms with Gasteiger partial charge in [-0.15, -0.1) is 0 Å². The second kappa shape index (κ2) is 9.76. The number of nitrogens with two attached hydrogens (primary N) is 1. The van der Waals surface area contributed by atoms with Gasteiger partial charge in [0.05, 0.1) is 29.4 Å². The van der Waals surface area contributed by atoms with E-state index in [0.717, 1.165) is 0 Å². The summed E-state index contributed by atoms with van der Waals surface area (Å²) in [4.78, 5) is 19.7. The number of carboxylic acids is 1. The largest absolute Gasteiger partial charge is 0.493 e. The molecule has 4 N–H and O–H groups in total. The molecule has 0 bridgehead atoms. The predicted octanol–water partition coefficient (Wildman–Crippen LogP) is 4.52. The first-order valence-corrected chi connectivity index (χ1v) is 10.9. The molecule has 1 aliphatic carbocycles. The number of halogens is 2. The molecular formula is C23H24ClFN4O4. The molecule has 1 aromatic heterocycles. The SMILES string of the molecule is COc1cc2ncnc(Nc3cccc(Cl)c3F)c2cc1OC1CCC([C@H](N)C(=O)O)CC1. The van der Waals surface area contributed by atoms with Gasteiger partial charge in [-0.3, -0.25) is 4.79 Å². The van der Waals surface area contributed by atoms with E-state index in [4.69, 9.17) is 31.9 Å². The van der Waals surface area contributed by atoms with Crippen LogP contribution >= 0.6 is 11.6 Å². The molecule has 10 heteroatoms. The molecule has 0 amide bonds. The molecule has 1 aliphatic rings. The summed E-state index contributed by atoms with van der Waals surface area (Å²) < 4.78 is 26.1. The van der Waals surface area contributed by atoms with Crippen molar-refractivity contribution in [2.45, 2.75) is 37.8 Å². The number of anilines is 2. The number of methoxy groups -OCH3 is 1. The Labute approximate surface area is 194 Å². The predicted molar refractivity (Wildman–Crippen MR) is 123 cm³/mol. The molecule has 0 aliphatic heterocycles. The Kier molecular flexibility index (Phi) is 6.80. The third kappa shape index (κ3) is 4.94. The van der Waals surface area contributed by atoms with E-state index in [1.165, 1.54) is 12.4 Å². The van der Waals surface area contributed by atoms with Crippen LogP contribution in [0.3, 0.4) is 0 Å². The number of fused-ring (bicyclic) bond motifs is 1. The highest BCUT2D eigenvalue weighted by Gasteiger charge is 2.30. The normalized spacial score (nSPS) is 19.2. The highest BCUT2D eigenvalue weighted by molar-refractivity contribution is 6.31. The maximum absolute atomic E-state index is 14.4. The molecule has 1 fully saturated rings. The summed E-state index contributed by atoms with van der Waals surface area (Å²) in [6.45, 7) is 0. The average Bonchev–Trinajstić information content (AvgIpc) is 2.82. The fourth-order valence-electron chi connectivity index (χ4n) is 4.09. The minimum atomic E-state index is -0.980. The molecule has 33 heavy (non-hydrogen) atoms. The van der Waals surface area contributed by atoms with Gasteiger partial charge in [0.15, 0.2) is 17.3 Å². The molecule has 1 heterocycles. The average molecular weight is 475 g/mol. The standard InChI is InChI=1S/C23H24ClFN4O4/c1-32-18-10-17-14(22(28-11-27-17)29-16-4-2-3-15(24)20(16)25)9-19(18)33-13-7-5-12(6-8-13)21(26)23(30)31/h2-4,9-13,21H,5-8,26H2,1H3,(H,30,31)(H,27,28,29)/t12?,13?,21-/m0/s1. The lowest BCUT2D eigenvalue weighted by atomic mass is 9.83. The van der Waals surface area contributed by atoms with E-state index < -0.39 is 17.8 Å². The van der Waals surface area contributed by atoms with Gasteiger partial charge in [-0.1, -0.05) is 17.7 Å². The number of nitrogens with one attached hydrogen (secondary N) is 1. The van der Waals surface area contributed by atoms with Crippen LogP contribution in [0.4, 0.5) is 15.9 Å². The quantitative estimate of drug-likeness (QED) is 0.457. The van der Waals surface area contributed by atoms with Gasteiger partial charge in [-0.25, -0.2) is 14.4 Å². The fourth-order valence-corrected chi connectivity index (χ4v) is 4.26. The summed E-state index contributed by atoms with van der Waals surface area (Å²) in [5.41, 5.74) is 6.56. The molecule has 0 spiro atoms. The Balaban J connectivity index is 1.59. The van der Waals surface area contributed by atoms with Crippen LogP contribution in [0.25, 0.3) is 10.9 Å². The van der Waals surface area contributed by atoms with Crippen LogP contribution in [-0.2, 0) is 4.79 Å². The summed E-state index contributed by atoms with van der Waals surface area (Å²) in [5.74, 6) is -0.229. The van der Waals surface area contributed by atoms with Crippen LogP contribution in [-0.4, -0.2) is 40.3 Å². The highest BCUT2D eigenvalue weighted by Crippen LogP contribution is 2.38. The number of carboxylic acid groups (broad SMARTS) is 1. The molecule has 4 rings (SSSR count). The molecule has 1 atom stereocenters. The van der Waals surface area contributed by atoms with Crippen LogP contribution in [0.5, 0.6) is 11.5 Å². The minimum absolute atomic E-state index is 0.00210. The zero-order valence-electron chi connectivity index (χ0n) is 17.9. The second-order valence-corrected chi connectivity index (χ2v) is 8.39. The lowest BCUT2D eigenvalue weighted by Gasteiger charge is -2.31. The van der Waals surface area contributed by atoms with E-state index in [-0.39, 0.29) is 22.7 Å². The molecule has 8 nitrogen and oxygen atoms in total. The first kappa shape index (κ1) is 23.0. The number of nitrogens with zero attached hydrogens (tertiary/aromatic N) is 2. The molecular weight excluding hydrogens is 451 g/mol. The third-order valence-electron chi connectivity index (χ3n) is 5.93. The number of hydrogen-bond acceptors (Lipinski definition) is 7. The number of hydrogen-bond donors (Lipinski definition) is 3. The lowest BCUT2D eigenvalue weighted by Crippen LogP contribution is -2.41. The topological polar surface area (TPSA) is 120 Å². The molecule has 0 saturated heterocycles. The van der Waals surface area contributed by atoms with Crippen LogP contribution < -0.4 is 20.5 Å². The second-order valence-electron chi connectivity index (χ2n) is 7.99. The van der Waals surface area contributed by atoms with Gasteiger partial charge in [0, 0.05) is 11.5 Å². The summed E-state index contributed by atoms with van der Waals surface area (Å²) in [6.07, 6.45) is 3.95. The molecule has 0 unspecified atom stereocenters. The van der Waals surface area contributed by atoms with E-state index in [0.29, 0.717) is 53.9 Å². The van der Waals surface area contributed by atoms with Crippen LogP contribution in [0.2, 0.25) is 5.02 Å². The van der Waals surface area contributed by atoms with E-state index in [9.17, 15) is 9.18 Å². The molecule has 1 saturated carbocycles. The van der Waals surface area contributed by atoms with Crippen molar-refractivity contribution in [2.24, 2.45) is 11.7 Å². The van der Waals surface area contributed by atoms with Crippen molar-refractivity contribution in [3.63, 3.8) is 0 Å². The molecule has 0 radical (unpaired) electrons. The Morgan fingerprint density at radius 3 is 2.70 bits per heavy atom. The van der Waals surface area contributed by atoms with Gasteiger partial charge in [-0.05, 0) is 49.8 Å². The first-order valence-electron chi connectivity index (χ1n) is 10.6. The van der Waals surface area contributed by atoms with E-state index in [1.54, 1.807) is 31.4 Å². The van der Waals surface area contributed by atoms with Gasteiger partial charge in [-0.2, -0.15) is 0 Å². The number of rotatable bonds is 7. The lowest BCUT2D eigenvalue weighted by molar-refractivity contribution is -0.140. The summed E-state index contributed by atoms with van der Waals surface area (Å²) in [5, 5.41) is 12.7. The Morgan fingerprint density at radius 1 is 1.24 bits per heavy atom. The van der Waals surface area contributed by atoms with Crippen molar-refractivity contribution in [1.82, 2.24) is 9.97 Å². The van der Waals surface area contributed by atoms with Gasteiger partial charge < -0.3 is 25.6 Å². The van der Waals surface area contributed by atoms with E-state index in [2.05, 4.69) is 15.3 Å². The maximum Gasteiger partial charge on any atom is 0.320 e. The zero-order valence-corrected chi connectivity index (χ0v) is 18.7. The van der Waals surface area contributed by atoms with Crippen molar-refractivity contribution >= 4 is 40.0 Å². The highest BCUT2D eigenvalue weighted by atomic mass is 35.5. The monoisotopic (exact) mass is 474 g/mol. The van der Waals surface area contributed by atoms with Gasteiger partial charge in [0.1, 0.15) is 18.2 Å². The van der Waals surface area contributed by atoms with Gasteiger partial charge in [0.2, 0.25) is 0 Å². The fraction of sp³-hybridized carbons (Fsp3) is 0.348. The Morgan fingerprint density at radius 2 is 2.00 bits per heavy atom. The smallest absolute Gasteiger partial charge is 0.320 e. The number of carbonyl (C=O) groups is 1. The van der Waals surface area contributed by atoms with Crippen LogP contribution in [0.15, 0.2) is 36.7 Å². The van der Waals surface area contributed by atoms with E-state index in [1.807, 2.05) is 0 Å². The van der Waals surface area contributed by atoms with Gasteiger partial charge >= 0.3 is 5.97 Å². The number of ether oxygens (including phenoxy) is 2. The number of aliphatic carboxylic acids is 1. The third-order valence-corrected chi connectivity index (χ3v) is 6.22. The molecule has 3 aromatic rings. The van der Waals surface area contributed by atoms with Crippen LogP contribution in [0.1, 0.15) is 25.7 Å². The first-order chi connectivity index (χ1) is 15.9. The Hall–Kier alpha value is -3.17. The van der Waals surface area contributed by atoms with Crippen molar-refractivity contribution in [2.75, 3.05) is 12.4 Å². The van der Waals surface area contributed by atoms with Crippen molar-refractivity contribution in [3.8, 4) is 11.5 Å². The number of aromatic nitrogens is 2. The number of benzene rings is 2. The van der Waals surface area contributed by atoms with Crippen molar-refractivity contribution < 1.29 is 23.8 Å². The summed E-state index contributed by atoms with van der Waals surface area (Å²) in [6, 6.07) is 7.30. The van der Waals surface area contributed by atoms with Crippen molar-refractivity contribution in [1.29, 1.82) is 0 Å². The molecule has 2 aromatic carbocycles. The summed E-state index contributed by atoms with van der Waals surface area (Å²) >= 11 is 5.89. The van der Waals surface area contributed by atoms with Crippen molar-refractivity contribution in [3.05, 3.63) is 47.5 Å². The van der Waals surface area contributed by atoms with Crippen LogP contribution in [0, 0.1) is 11.7 Å². The minimum Gasteiger partial charge on any atom is -0.493 e. The zero-order chi connectivity index (χ0) is 23.5.